The van der Waals surface area contributed by atoms with E-state index in [2.05, 4.69) is 24.5 Å². The Morgan fingerprint density at radius 1 is 1.08 bits per heavy atom. The van der Waals surface area contributed by atoms with Gasteiger partial charge < -0.3 is 15.5 Å². The van der Waals surface area contributed by atoms with Crippen molar-refractivity contribution >= 4 is 11.9 Å². The van der Waals surface area contributed by atoms with Crippen molar-refractivity contribution in [3.05, 3.63) is 35.4 Å². The third-order valence-electron chi connectivity index (χ3n) is 5.94. The zero-order chi connectivity index (χ0) is 19.2. The molecule has 0 radical (unpaired) electrons. The van der Waals surface area contributed by atoms with Crippen molar-refractivity contribution in [3.8, 4) is 0 Å². The Kier molecular flexibility index (Phi) is 7.06. The second kappa shape index (κ2) is 9.06. The summed E-state index contributed by atoms with van der Waals surface area (Å²) in [4.78, 5) is 25.6. The topological polar surface area (TPSA) is 61.4 Å². The molecule has 0 saturated heterocycles. The third-order valence-corrected chi connectivity index (χ3v) is 5.94. The smallest absolute Gasteiger partial charge is 0.315 e. The molecule has 0 atom stereocenters. The average molecular weight is 360 g/mol. The summed E-state index contributed by atoms with van der Waals surface area (Å²) in [6.45, 7) is 5.02. The van der Waals surface area contributed by atoms with Crippen LogP contribution in [0.4, 0.5) is 4.79 Å². The Hall–Kier alpha value is -2.04. The summed E-state index contributed by atoms with van der Waals surface area (Å²) in [5.74, 6) is -0.0187. The maximum Gasteiger partial charge on any atom is 0.315 e. The summed E-state index contributed by atoms with van der Waals surface area (Å²) in [7, 11) is 3.47. The lowest BCUT2D eigenvalue weighted by molar-refractivity contribution is 0.0827. The molecular weight excluding hydrogens is 326 g/mol. The zero-order valence-electron chi connectivity index (χ0n) is 16.6. The van der Waals surface area contributed by atoms with Gasteiger partial charge in [-0.2, -0.15) is 0 Å². The minimum atomic E-state index is -0.107. The Balaban J connectivity index is 1.76. The SMILES string of the molecule is CCC1(CC)CCC(NC(=O)NCc2ccc(C(=O)N(C)C)cc2)CC1. The summed E-state index contributed by atoms with van der Waals surface area (Å²) in [6, 6.07) is 7.54. The number of urea groups is 1. The fraction of sp³-hybridized carbons (Fsp3) is 0.619. The quantitative estimate of drug-likeness (QED) is 0.808. The Morgan fingerprint density at radius 2 is 1.65 bits per heavy atom. The summed E-state index contributed by atoms with van der Waals surface area (Å²) in [5.41, 5.74) is 2.12. The van der Waals surface area contributed by atoms with Crippen molar-refractivity contribution in [1.82, 2.24) is 15.5 Å². The lowest BCUT2D eigenvalue weighted by Crippen LogP contribution is -2.44. The highest BCUT2D eigenvalue weighted by Gasteiger charge is 2.32. The molecule has 0 unspecified atom stereocenters. The molecule has 0 aliphatic heterocycles. The van der Waals surface area contributed by atoms with E-state index in [0.29, 0.717) is 17.5 Å². The van der Waals surface area contributed by atoms with Gasteiger partial charge in [0.05, 0.1) is 0 Å². The minimum Gasteiger partial charge on any atom is -0.345 e. The van der Waals surface area contributed by atoms with Crippen LogP contribution in [-0.4, -0.2) is 37.0 Å². The summed E-state index contributed by atoms with van der Waals surface area (Å²) >= 11 is 0. The van der Waals surface area contributed by atoms with E-state index in [1.165, 1.54) is 25.7 Å². The van der Waals surface area contributed by atoms with E-state index in [9.17, 15) is 9.59 Å². The van der Waals surface area contributed by atoms with E-state index in [1.807, 2.05) is 12.1 Å². The van der Waals surface area contributed by atoms with Crippen LogP contribution in [0.2, 0.25) is 0 Å². The Morgan fingerprint density at radius 3 is 2.15 bits per heavy atom. The molecule has 0 aromatic heterocycles. The first-order chi connectivity index (χ1) is 12.4. The van der Waals surface area contributed by atoms with Crippen LogP contribution in [0.5, 0.6) is 0 Å². The first kappa shape index (κ1) is 20.3. The molecule has 1 aliphatic rings. The predicted molar refractivity (Wildman–Crippen MR) is 105 cm³/mol. The molecule has 1 saturated carbocycles. The largest absolute Gasteiger partial charge is 0.345 e. The van der Waals surface area contributed by atoms with Gasteiger partial charge in [-0.25, -0.2) is 4.79 Å². The van der Waals surface area contributed by atoms with Gasteiger partial charge in [-0.15, -0.1) is 0 Å². The van der Waals surface area contributed by atoms with Gasteiger partial charge in [-0.1, -0.05) is 38.8 Å². The van der Waals surface area contributed by atoms with Gasteiger partial charge in [-0.3, -0.25) is 4.79 Å². The maximum absolute atomic E-state index is 12.2. The van der Waals surface area contributed by atoms with Crippen LogP contribution in [0, 0.1) is 5.41 Å². The molecular formula is C21H33N3O2. The van der Waals surface area contributed by atoms with Crippen LogP contribution in [0.15, 0.2) is 24.3 Å². The first-order valence-electron chi connectivity index (χ1n) is 9.74. The van der Waals surface area contributed by atoms with Crippen molar-refractivity contribution in [2.24, 2.45) is 5.41 Å². The van der Waals surface area contributed by atoms with Gasteiger partial charge in [0.1, 0.15) is 0 Å². The van der Waals surface area contributed by atoms with E-state index in [0.717, 1.165) is 18.4 Å². The second-order valence-corrected chi connectivity index (χ2v) is 7.70. The number of nitrogens with one attached hydrogen (secondary N) is 2. The van der Waals surface area contributed by atoms with Gasteiger partial charge in [0.25, 0.3) is 5.91 Å². The summed E-state index contributed by atoms with van der Waals surface area (Å²) < 4.78 is 0. The highest BCUT2D eigenvalue weighted by atomic mass is 16.2. The second-order valence-electron chi connectivity index (χ2n) is 7.70. The van der Waals surface area contributed by atoms with Crippen molar-refractivity contribution in [1.29, 1.82) is 0 Å². The fourth-order valence-electron chi connectivity index (χ4n) is 3.77. The van der Waals surface area contributed by atoms with Crippen molar-refractivity contribution in [2.45, 2.75) is 65.0 Å². The van der Waals surface area contributed by atoms with Crippen LogP contribution >= 0.6 is 0 Å². The van der Waals surface area contributed by atoms with Gasteiger partial charge >= 0.3 is 6.03 Å². The first-order valence-corrected chi connectivity index (χ1v) is 9.74. The van der Waals surface area contributed by atoms with Crippen LogP contribution in [0.3, 0.4) is 0 Å². The number of benzene rings is 1. The molecule has 0 heterocycles. The number of carbonyl (C=O) groups excluding carboxylic acids is 2. The number of hydrogen-bond acceptors (Lipinski definition) is 2. The number of hydrogen-bond donors (Lipinski definition) is 2. The van der Waals surface area contributed by atoms with Crippen molar-refractivity contribution in [2.75, 3.05) is 14.1 Å². The molecule has 26 heavy (non-hydrogen) atoms. The molecule has 2 rings (SSSR count). The van der Waals surface area contributed by atoms with E-state index < -0.39 is 0 Å². The molecule has 3 amide bonds. The molecule has 0 bridgehead atoms. The van der Waals surface area contributed by atoms with Gasteiger partial charge in [0.15, 0.2) is 0 Å². The maximum atomic E-state index is 12.2. The normalized spacial score (nSPS) is 16.8. The average Bonchev–Trinajstić information content (AvgIpc) is 2.67. The lowest BCUT2D eigenvalue weighted by atomic mass is 9.69. The fourth-order valence-corrected chi connectivity index (χ4v) is 3.77. The van der Waals surface area contributed by atoms with Gasteiger partial charge in [0, 0.05) is 32.2 Å². The van der Waals surface area contributed by atoms with Crippen LogP contribution in [0.1, 0.15) is 68.3 Å². The molecule has 1 aromatic rings. The zero-order valence-corrected chi connectivity index (χ0v) is 16.6. The van der Waals surface area contributed by atoms with E-state index >= 15 is 0 Å². The Bertz CT molecular complexity index is 596. The van der Waals surface area contributed by atoms with Crippen LogP contribution in [0.25, 0.3) is 0 Å². The molecule has 1 aromatic carbocycles. The number of nitrogens with zero attached hydrogens (tertiary/aromatic N) is 1. The van der Waals surface area contributed by atoms with Crippen LogP contribution in [-0.2, 0) is 6.54 Å². The molecule has 1 fully saturated rings. The summed E-state index contributed by atoms with van der Waals surface area (Å²) in [5, 5.41) is 6.03. The number of rotatable bonds is 6. The monoisotopic (exact) mass is 359 g/mol. The Labute approximate surface area is 157 Å². The van der Waals surface area contributed by atoms with E-state index in [1.54, 1.807) is 31.1 Å². The van der Waals surface area contributed by atoms with Crippen molar-refractivity contribution < 1.29 is 9.59 Å². The predicted octanol–water partition coefficient (Wildman–Crippen LogP) is 3.94. The highest BCUT2D eigenvalue weighted by molar-refractivity contribution is 5.93. The van der Waals surface area contributed by atoms with E-state index in [-0.39, 0.29) is 18.0 Å². The molecule has 5 heteroatoms. The molecule has 5 nitrogen and oxygen atoms in total. The van der Waals surface area contributed by atoms with E-state index in [4.69, 9.17) is 0 Å². The molecule has 1 aliphatic carbocycles. The minimum absolute atomic E-state index is 0.0187. The highest BCUT2D eigenvalue weighted by Crippen LogP contribution is 2.41. The molecule has 2 N–H and O–H groups in total. The van der Waals surface area contributed by atoms with Crippen LogP contribution < -0.4 is 10.6 Å². The van der Waals surface area contributed by atoms with Gasteiger partial charge in [-0.05, 0) is 48.8 Å². The molecule has 144 valence electrons. The summed E-state index contributed by atoms with van der Waals surface area (Å²) in [6.07, 6.45) is 7.00. The number of carbonyl (C=O) groups is 2. The van der Waals surface area contributed by atoms with Gasteiger partial charge in [0.2, 0.25) is 0 Å². The van der Waals surface area contributed by atoms with Crippen molar-refractivity contribution in [3.63, 3.8) is 0 Å². The standard InChI is InChI=1S/C21H33N3O2/c1-5-21(6-2)13-11-18(12-14-21)23-20(26)22-15-16-7-9-17(10-8-16)19(25)24(3)4/h7-10,18H,5-6,11-15H2,1-4H3,(H2,22,23,26). The lowest BCUT2D eigenvalue weighted by Gasteiger charge is -2.39. The number of amides is 3. The third kappa shape index (κ3) is 5.23. The molecule has 0 spiro atoms.